The molecule has 0 fully saturated rings. The topological polar surface area (TPSA) is 85.4 Å². The lowest BCUT2D eigenvalue weighted by Gasteiger charge is -2.38. The number of hydrogen-bond acceptors (Lipinski definition) is 5. The van der Waals surface area contributed by atoms with E-state index in [-0.39, 0.29) is 17.4 Å². The van der Waals surface area contributed by atoms with Crippen molar-refractivity contribution in [2.45, 2.75) is 17.9 Å². The molecule has 1 amide bonds. The van der Waals surface area contributed by atoms with E-state index < -0.39 is 23.3 Å². The van der Waals surface area contributed by atoms with E-state index in [4.69, 9.17) is 16.3 Å². The van der Waals surface area contributed by atoms with Crippen LogP contribution in [0, 0.1) is 0 Å². The third-order valence-electron chi connectivity index (χ3n) is 4.52. The van der Waals surface area contributed by atoms with Gasteiger partial charge in [0.05, 0.1) is 7.11 Å². The van der Waals surface area contributed by atoms with Crippen molar-refractivity contribution in [2.24, 2.45) is 0 Å². The number of aromatic nitrogens is 1. The minimum Gasteiger partial charge on any atom is -0.467 e. The first-order chi connectivity index (χ1) is 13.0. The second-order valence-corrected chi connectivity index (χ2v) is 6.54. The first-order valence-corrected chi connectivity index (χ1v) is 8.63. The van der Waals surface area contributed by atoms with Gasteiger partial charge < -0.3 is 10.1 Å². The number of carbonyl (C=O) groups is 3. The number of nitrogens with one attached hydrogen (secondary N) is 1. The van der Waals surface area contributed by atoms with Gasteiger partial charge in [0.2, 0.25) is 0 Å². The normalized spacial score (nSPS) is 21.6. The monoisotopic (exact) mass is 384 g/mol. The molecule has 7 heteroatoms. The van der Waals surface area contributed by atoms with Gasteiger partial charge in [-0.2, -0.15) is 0 Å². The molecule has 27 heavy (non-hydrogen) atoms. The summed E-state index contributed by atoms with van der Waals surface area (Å²) in [7, 11) is 1.24. The minimum atomic E-state index is -1.54. The number of amides is 1. The van der Waals surface area contributed by atoms with Gasteiger partial charge in [0, 0.05) is 24.1 Å². The van der Waals surface area contributed by atoms with Gasteiger partial charge in [-0.05, 0) is 35.9 Å². The first-order valence-electron chi connectivity index (χ1n) is 8.26. The van der Waals surface area contributed by atoms with Gasteiger partial charge in [-0.1, -0.05) is 35.9 Å². The predicted octanol–water partition coefficient (Wildman–Crippen LogP) is 2.69. The fraction of sp³-hybridized carbons (Fsp3) is 0.200. The Morgan fingerprint density at radius 2 is 1.96 bits per heavy atom. The summed E-state index contributed by atoms with van der Waals surface area (Å²) in [6.07, 6.45) is 4.20. The Balaban J connectivity index is 2.07. The van der Waals surface area contributed by atoms with Crippen LogP contribution in [0.15, 0.2) is 60.8 Å². The van der Waals surface area contributed by atoms with E-state index in [1.807, 2.05) is 0 Å². The molecule has 0 unspecified atom stereocenters. The highest BCUT2D eigenvalue weighted by molar-refractivity contribution is 6.29. The van der Waals surface area contributed by atoms with E-state index in [0.717, 1.165) is 0 Å². The number of ether oxygens (including phenoxy) is 1. The van der Waals surface area contributed by atoms with E-state index in [0.29, 0.717) is 11.1 Å². The van der Waals surface area contributed by atoms with Crippen LogP contribution in [0.5, 0.6) is 0 Å². The lowest BCUT2D eigenvalue weighted by molar-refractivity contribution is -0.147. The van der Waals surface area contributed by atoms with E-state index in [1.54, 1.807) is 42.5 Å². The lowest BCUT2D eigenvalue weighted by atomic mass is 9.73. The highest BCUT2D eigenvalue weighted by Crippen LogP contribution is 2.37. The number of ketones is 1. The molecular weight excluding hydrogens is 368 g/mol. The number of rotatable bonds is 4. The Hall–Kier alpha value is -2.99. The number of esters is 1. The molecule has 1 aliphatic carbocycles. The van der Waals surface area contributed by atoms with E-state index in [9.17, 15) is 14.4 Å². The molecule has 0 saturated carbocycles. The molecule has 2 atom stereocenters. The summed E-state index contributed by atoms with van der Waals surface area (Å²) in [4.78, 5) is 41.6. The minimum absolute atomic E-state index is 0.0178. The van der Waals surface area contributed by atoms with Crippen LogP contribution in [0.25, 0.3) is 0 Å². The summed E-state index contributed by atoms with van der Waals surface area (Å²) >= 11 is 5.85. The molecule has 0 radical (unpaired) electrons. The zero-order chi connectivity index (χ0) is 19.4. The molecule has 1 aliphatic rings. The van der Waals surface area contributed by atoms with Crippen molar-refractivity contribution in [3.8, 4) is 0 Å². The number of methoxy groups -OCH3 is 1. The second-order valence-electron chi connectivity index (χ2n) is 6.15. The summed E-state index contributed by atoms with van der Waals surface area (Å²) in [5.74, 6) is -1.97. The fourth-order valence-corrected chi connectivity index (χ4v) is 3.27. The Kier molecular flexibility index (Phi) is 5.37. The largest absolute Gasteiger partial charge is 0.467 e. The van der Waals surface area contributed by atoms with Crippen molar-refractivity contribution in [1.29, 1.82) is 0 Å². The van der Waals surface area contributed by atoms with E-state index in [2.05, 4.69) is 10.3 Å². The Morgan fingerprint density at radius 1 is 1.22 bits per heavy atom. The fourth-order valence-electron chi connectivity index (χ4n) is 3.15. The quantitative estimate of drug-likeness (QED) is 0.647. The first kappa shape index (κ1) is 18.8. The van der Waals surface area contributed by atoms with E-state index >= 15 is 0 Å². The maximum Gasteiger partial charge on any atom is 0.336 e. The van der Waals surface area contributed by atoms with E-state index in [1.165, 1.54) is 25.5 Å². The van der Waals surface area contributed by atoms with Gasteiger partial charge in [-0.15, -0.1) is 0 Å². The van der Waals surface area contributed by atoms with Crippen LogP contribution in [-0.4, -0.2) is 35.3 Å². The SMILES string of the molecule is COC(=O)[C@]1(NC(=O)c2ccccc2)C=CC(=O)C[C@H]1c1ccc(Cl)nc1. The lowest BCUT2D eigenvalue weighted by Crippen LogP contribution is -2.59. The van der Waals surface area contributed by atoms with Gasteiger partial charge in [0.15, 0.2) is 11.3 Å². The molecule has 3 rings (SSSR count). The van der Waals surface area contributed by atoms with Crippen molar-refractivity contribution < 1.29 is 19.1 Å². The van der Waals surface area contributed by atoms with Crippen molar-refractivity contribution in [2.75, 3.05) is 7.11 Å². The molecule has 2 aromatic rings. The predicted molar refractivity (Wildman–Crippen MR) is 99.4 cm³/mol. The van der Waals surface area contributed by atoms with Crippen molar-refractivity contribution in [3.63, 3.8) is 0 Å². The van der Waals surface area contributed by atoms with Crippen LogP contribution >= 0.6 is 11.6 Å². The Bertz CT molecular complexity index is 896. The molecule has 1 heterocycles. The molecule has 138 valence electrons. The van der Waals surface area contributed by atoms with Gasteiger partial charge in [-0.3, -0.25) is 9.59 Å². The molecule has 0 bridgehead atoms. The Labute approximate surface area is 161 Å². The number of halogens is 1. The summed E-state index contributed by atoms with van der Waals surface area (Å²) in [5, 5.41) is 3.06. The van der Waals surface area contributed by atoms with Crippen LogP contribution < -0.4 is 5.32 Å². The molecule has 0 saturated heterocycles. The van der Waals surface area contributed by atoms with Gasteiger partial charge in [0.25, 0.3) is 5.91 Å². The summed E-state index contributed by atoms with van der Waals surface area (Å²) in [5.41, 5.74) is -0.555. The van der Waals surface area contributed by atoms with Crippen LogP contribution in [0.2, 0.25) is 5.15 Å². The third-order valence-corrected chi connectivity index (χ3v) is 4.74. The zero-order valence-corrected chi connectivity index (χ0v) is 15.3. The molecule has 1 aromatic heterocycles. The average Bonchev–Trinajstić information content (AvgIpc) is 2.70. The zero-order valence-electron chi connectivity index (χ0n) is 14.5. The van der Waals surface area contributed by atoms with Crippen molar-refractivity contribution in [3.05, 3.63) is 77.1 Å². The summed E-state index contributed by atoms with van der Waals surface area (Å²) < 4.78 is 4.98. The highest BCUT2D eigenvalue weighted by Gasteiger charge is 2.49. The van der Waals surface area contributed by atoms with Crippen molar-refractivity contribution in [1.82, 2.24) is 10.3 Å². The molecule has 1 aromatic carbocycles. The van der Waals surface area contributed by atoms with Crippen LogP contribution in [0.3, 0.4) is 0 Å². The molecule has 1 N–H and O–H groups in total. The molecule has 6 nitrogen and oxygen atoms in total. The Morgan fingerprint density at radius 3 is 2.59 bits per heavy atom. The summed E-state index contributed by atoms with van der Waals surface area (Å²) in [6, 6.07) is 11.8. The number of hydrogen-bond donors (Lipinski definition) is 1. The highest BCUT2D eigenvalue weighted by atomic mass is 35.5. The standard InChI is InChI=1S/C20H17ClN2O4/c1-27-19(26)20(23-18(25)13-5-3-2-4-6-13)10-9-15(24)11-16(20)14-7-8-17(21)22-12-14/h2-10,12,16H,11H2,1H3,(H,23,25)/t16-,20-/m0/s1. The van der Waals surface area contributed by atoms with Crippen LogP contribution in [0.4, 0.5) is 0 Å². The van der Waals surface area contributed by atoms with Gasteiger partial charge >= 0.3 is 5.97 Å². The van der Waals surface area contributed by atoms with Gasteiger partial charge in [-0.25, -0.2) is 9.78 Å². The molecule has 0 spiro atoms. The molecular formula is C20H17ClN2O4. The average molecular weight is 385 g/mol. The maximum absolute atomic E-state index is 12.8. The number of benzene rings is 1. The smallest absolute Gasteiger partial charge is 0.336 e. The number of nitrogens with zero attached hydrogens (tertiary/aromatic N) is 1. The van der Waals surface area contributed by atoms with Crippen molar-refractivity contribution >= 4 is 29.3 Å². The number of carbonyl (C=O) groups excluding carboxylic acids is 3. The maximum atomic E-state index is 12.8. The third kappa shape index (κ3) is 3.75. The molecule has 0 aliphatic heterocycles. The van der Waals surface area contributed by atoms with Crippen LogP contribution in [-0.2, 0) is 14.3 Å². The number of allylic oxidation sites excluding steroid dienone is 1. The number of pyridine rings is 1. The summed E-state index contributed by atoms with van der Waals surface area (Å²) in [6.45, 7) is 0. The van der Waals surface area contributed by atoms with Gasteiger partial charge in [0.1, 0.15) is 5.15 Å². The van der Waals surface area contributed by atoms with Crippen LogP contribution in [0.1, 0.15) is 28.3 Å². The second kappa shape index (κ2) is 7.72.